The molecule has 4 aliphatic rings. The van der Waals surface area contributed by atoms with Gasteiger partial charge in [-0.2, -0.15) is 0 Å². The Kier molecular flexibility index (Phi) is 6.50. The number of ether oxygens (including phenoxy) is 2. The lowest BCUT2D eigenvalue weighted by molar-refractivity contribution is -0.152. The molecule has 2 nitrogen and oxygen atoms in total. The van der Waals surface area contributed by atoms with Crippen LogP contribution in [-0.4, -0.2) is 19.1 Å². The van der Waals surface area contributed by atoms with Gasteiger partial charge >= 0.3 is 0 Å². The number of hydrogen-bond donors (Lipinski definition) is 0. The summed E-state index contributed by atoms with van der Waals surface area (Å²) in [4.78, 5) is 0. The second-order valence-corrected chi connectivity index (χ2v) is 11.4. The summed E-state index contributed by atoms with van der Waals surface area (Å²) >= 11 is 0. The van der Waals surface area contributed by atoms with E-state index in [0.717, 1.165) is 50.3 Å². The van der Waals surface area contributed by atoms with E-state index in [9.17, 15) is 0 Å². The van der Waals surface area contributed by atoms with Crippen molar-refractivity contribution in [3.8, 4) is 5.75 Å². The Balaban J connectivity index is 1.25. The normalized spacial score (nSPS) is 35.4. The van der Waals surface area contributed by atoms with Crippen molar-refractivity contribution in [2.45, 2.75) is 89.2 Å². The van der Waals surface area contributed by atoms with Gasteiger partial charge in [0.15, 0.2) is 6.29 Å². The minimum Gasteiger partial charge on any atom is -0.465 e. The summed E-state index contributed by atoms with van der Waals surface area (Å²) in [5.41, 5.74) is 1.42. The van der Waals surface area contributed by atoms with Crippen LogP contribution >= 0.6 is 8.58 Å². The molecule has 0 saturated heterocycles. The largest absolute Gasteiger partial charge is 0.465 e. The van der Waals surface area contributed by atoms with Gasteiger partial charge in [-0.3, -0.25) is 0 Å². The SMILES string of the molecule is CPCc1ccc(OC(CC2CCCCC2)OC2CC3CC2C2CCCC32)cc1. The van der Waals surface area contributed by atoms with E-state index < -0.39 is 0 Å². The van der Waals surface area contributed by atoms with Gasteiger partial charge in [0.1, 0.15) is 5.75 Å². The highest BCUT2D eigenvalue weighted by Gasteiger charge is 2.54. The molecular formula is C26H39O2P. The maximum atomic E-state index is 6.82. The molecule has 29 heavy (non-hydrogen) atoms. The third-order valence-electron chi connectivity index (χ3n) is 8.52. The van der Waals surface area contributed by atoms with Crippen LogP contribution in [0.2, 0.25) is 0 Å². The molecule has 4 saturated carbocycles. The molecule has 0 aliphatic heterocycles. The van der Waals surface area contributed by atoms with Crippen molar-refractivity contribution < 1.29 is 9.47 Å². The highest BCUT2D eigenvalue weighted by Crippen LogP contribution is 2.59. The lowest BCUT2D eigenvalue weighted by atomic mass is 9.80. The molecule has 7 atom stereocenters. The van der Waals surface area contributed by atoms with Gasteiger partial charge in [0.2, 0.25) is 0 Å². The van der Waals surface area contributed by atoms with E-state index in [1.165, 1.54) is 75.9 Å². The molecule has 160 valence electrons. The monoisotopic (exact) mass is 414 g/mol. The first-order chi connectivity index (χ1) is 14.3. The average molecular weight is 415 g/mol. The Morgan fingerprint density at radius 3 is 2.48 bits per heavy atom. The first kappa shape index (κ1) is 20.3. The van der Waals surface area contributed by atoms with Gasteiger partial charge in [0.05, 0.1) is 6.10 Å². The molecule has 0 spiro atoms. The molecule has 2 bridgehead atoms. The summed E-state index contributed by atoms with van der Waals surface area (Å²) in [7, 11) is 0.970. The average Bonchev–Trinajstić information content (AvgIpc) is 3.44. The molecule has 0 radical (unpaired) electrons. The van der Waals surface area contributed by atoms with Crippen LogP contribution in [0.15, 0.2) is 24.3 Å². The molecule has 0 aromatic heterocycles. The van der Waals surface area contributed by atoms with Crippen molar-refractivity contribution >= 4 is 8.58 Å². The van der Waals surface area contributed by atoms with Crippen LogP contribution in [0.4, 0.5) is 0 Å². The third-order valence-corrected chi connectivity index (χ3v) is 9.28. The fraction of sp³-hybridized carbons (Fsp3) is 0.769. The smallest absolute Gasteiger partial charge is 0.200 e. The fourth-order valence-electron chi connectivity index (χ4n) is 7.22. The van der Waals surface area contributed by atoms with Crippen LogP contribution in [-0.2, 0) is 10.9 Å². The molecule has 3 heteroatoms. The Morgan fingerprint density at radius 2 is 1.69 bits per heavy atom. The van der Waals surface area contributed by atoms with Crippen molar-refractivity contribution in [2.75, 3.05) is 6.66 Å². The quantitative estimate of drug-likeness (QED) is 0.336. The van der Waals surface area contributed by atoms with Crippen LogP contribution in [0, 0.1) is 29.6 Å². The van der Waals surface area contributed by atoms with E-state index in [1.807, 2.05) is 0 Å². The van der Waals surface area contributed by atoms with Crippen molar-refractivity contribution in [1.82, 2.24) is 0 Å². The van der Waals surface area contributed by atoms with E-state index in [0.29, 0.717) is 6.10 Å². The molecule has 0 heterocycles. The Morgan fingerprint density at radius 1 is 0.897 bits per heavy atom. The van der Waals surface area contributed by atoms with Gasteiger partial charge in [0.25, 0.3) is 0 Å². The molecule has 4 fully saturated rings. The first-order valence-corrected chi connectivity index (χ1v) is 14.1. The molecule has 5 rings (SSSR count). The third kappa shape index (κ3) is 4.54. The zero-order chi connectivity index (χ0) is 19.6. The fourth-order valence-corrected chi connectivity index (χ4v) is 7.87. The molecular weight excluding hydrogens is 375 g/mol. The lowest BCUT2D eigenvalue weighted by Crippen LogP contribution is -2.36. The first-order valence-electron chi connectivity index (χ1n) is 12.4. The molecule has 1 aromatic rings. The molecule has 0 N–H and O–H groups in total. The minimum atomic E-state index is -0.0544. The predicted octanol–water partition coefficient (Wildman–Crippen LogP) is 7.01. The number of hydrogen-bond acceptors (Lipinski definition) is 2. The second-order valence-electron chi connectivity index (χ2n) is 10.3. The number of benzene rings is 1. The molecule has 0 amide bonds. The van der Waals surface area contributed by atoms with Crippen LogP contribution in [0.1, 0.15) is 76.2 Å². The van der Waals surface area contributed by atoms with Crippen molar-refractivity contribution in [2.24, 2.45) is 29.6 Å². The number of fused-ring (bicyclic) bond motifs is 5. The predicted molar refractivity (Wildman–Crippen MR) is 122 cm³/mol. The number of rotatable bonds is 8. The van der Waals surface area contributed by atoms with Gasteiger partial charge in [-0.15, -0.1) is 8.58 Å². The minimum absolute atomic E-state index is 0.0544. The lowest BCUT2D eigenvalue weighted by Gasteiger charge is -2.35. The Bertz CT molecular complexity index is 653. The summed E-state index contributed by atoms with van der Waals surface area (Å²) in [6.45, 7) is 2.27. The van der Waals surface area contributed by atoms with E-state index in [4.69, 9.17) is 9.47 Å². The highest BCUT2D eigenvalue weighted by atomic mass is 31.1. The zero-order valence-corrected chi connectivity index (χ0v) is 19.2. The van der Waals surface area contributed by atoms with Crippen LogP contribution in [0.25, 0.3) is 0 Å². The van der Waals surface area contributed by atoms with Gasteiger partial charge in [-0.1, -0.05) is 50.7 Å². The Hall–Kier alpha value is -0.590. The molecule has 4 aliphatic carbocycles. The van der Waals surface area contributed by atoms with Gasteiger partial charge in [0, 0.05) is 6.42 Å². The van der Waals surface area contributed by atoms with Gasteiger partial charge in [-0.05, 0) is 85.8 Å². The molecule has 7 unspecified atom stereocenters. The molecule has 1 aromatic carbocycles. The van der Waals surface area contributed by atoms with Crippen LogP contribution in [0.3, 0.4) is 0 Å². The summed E-state index contributed by atoms with van der Waals surface area (Å²) in [6, 6.07) is 8.81. The summed E-state index contributed by atoms with van der Waals surface area (Å²) in [5, 5.41) is 0. The van der Waals surface area contributed by atoms with Crippen molar-refractivity contribution in [3.05, 3.63) is 29.8 Å². The van der Waals surface area contributed by atoms with Gasteiger partial charge in [-0.25, -0.2) is 0 Å². The standard InChI is InChI=1S/C26H39O2P/c1-29-17-19-10-12-21(13-11-19)27-26(14-18-6-3-2-4-7-18)28-25-16-20-15-24(25)23-9-5-8-22(20)23/h10-13,18,20,22-26,29H,2-9,14-17H2,1H3. The van der Waals surface area contributed by atoms with Gasteiger partial charge < -0.3 is 9.47 Å². The van der Waals surface area contributed by atoms with Crippen LogP contribution < -0.4 is 4.74 Å². The van der Waals surface area contributed by atoms with Crippen LogP contribution in [0.5, 0.6) is 5.75 Å². The summed E-state index contributed by atoms with van der Waals surface area (Å²) in [6.07, 6.45) is 16.7. The second kappa shape index (κ2) is 9.27. The zero-order valence-electron chi connectivity index (χ0n) is 18.2. The van der Waals surface area contributed by atoms with E-state index in [1.54, 1.807) is 0 Å². The highest BCUT2D eigenvalue weighted by molar-refractivity contribution is 7.36. The van der Waals surface area contributed by atoms with E-state index in [2.05, 4.69) is 30.9 Å². The summed E-state index contributed by atoms with van der Waals surface area (Å²) < 4.78 is 13.3. The summed E-state index contributed by atoms with van der Waals surface area (Å²) in [5.74, 6) is 5.54. The van der Waals surface area contributed by atoms with Crippen molar-refractivity contribution in [1.29, 1.82) is 0 Å². The van der Waals surface area contributed by atoms with Crippen molar-refractivity contribution in [3.63, 3.8) is 0 Å². The maximum absolute atomic E-state index is 6.82. The van der Waals surface area contributed by atoms with E-state index >= 15 is 0 Å². The maximum Gasteiger partial charge on any atom is 0.200 e. The Labute approximate surface area is 179 Å². The topological polar surface area (TPSA) is 18.5 Å². The van der Waals surface area contributed by atoms with E-state index in [-0.39, 0.29) is 6.29 Å².